The lowest BCUT2D eigenvalue weighted by Gasteiger charge is -2.13. The van der Waals surface area contributed by atoms with Crippen LogP contribution in [0.25, 0.3) is 0 Å². The van der Waals surface area contributed by atoms with Crippen molar-refractivity contribution in [2.24, 2.45) is 0 Å². The van der Waals surface area contributed by atoms with Crippen LogP contribution in [0, 0.1) is 0 Å². The summed E-state index contributed by atoms with van der Waals surface area (Å²) in [5, 5.41) is 2.97. The van der Waals surface area contributed by atoms with E-state index in [1.54, 1.807) is 12.3 Å². The first kappa shape index (κ1) is 10.5. The van der Waals surface area contributed by atoms with Crippen molar-refractivity contribution in [2.45, 2.75) is 0 Å². The number of carbonyl (C=O) groups excluding carboxylic acids is 2. The van der Waals surface area contributed by atoms with Crippen molar-refractivity contribution in [2.75, 3.05) is 5.32 Å². The largest absolute Gasteiger partial charge is 0.358 e. The molecule has 2 N–H and O–H groups in total. The van der Waals surface area contributed by atoms with Crippen LogP contribution in [0.2, 0.25) is 0 Å². The van der Waals surface area contributed by atoms with E-state index in [1.807, 2.05) is 30.3 Å². The molecular formula is C14H10N2O2. The van der Waals surface area contributed by atoms with Gasteiger partial charge in [-0.15, -0.1) is 0 Å². The fraction of sp³-hybridized carbons (Fsp3) is 0. The number of H-pyrrole nitrogens is 1. The molecule has 0 saturated carbocycles. The van der Waals surface area contributed by atoms with Gasteiger partial charge in [0.25, 0.3) is 0 Å². The molecule has 0 amide bonds. The smallest absolute Gasteiger partial charge is 0.211 e. The fourth-order valence-corrected chi connectivity index (χ4v) is 1.95. The highest BCUT2D eigenvalue weighted by atomic mass is 16.1. The molecule has 0 aliphatic heterocycles. The number of benzene rings is 1. The van der Waals surface area contributed by atoms with Crippen LogP contribution in [0.1, 0.15) is 20.8 Å². The van der Waals surface area contributed by atoms with E-state index in [0.717, 1.165) is 5.69 Å². The van der Waals surface area contributed by atoms with Gasteiger partial charge in [-0.05, 0) is 18.2 Å². The van der Waals surface area contributed by atoms with Crippen molar-refractivity contribution in [3.8, 4) is 0 Å². The Hall–Kier alpha value is -2.62. The summed E-state index contributed by atoms with van der Waals surface area (Å²) in [6.07, 6.45) is 2.92. The molecule has 1 heterocycles. The number of ketones is 2. The number of Topliss-reactive ketones (excluding diaryl/α,β-unsaturated/α-hetero) is 1. The number of allylic oxidation sites excluding steroid dienone is 2. The van der Waals surface area contributed by atoms with Gasteiger partial charge in [0.05, 0.1) is 17.0 Å². The Morgan fingerprint density at radius 2 is 1.78 bits per heavy atom. The molecule has 1 aromatic carbocycles. The Kier molecular flexibility index (Phi) is 2.34. The Balaban J connectivity index is 1.95. The Morgan fingerprint density at radius 3 is 2.56 bits per heavy atom. The van der Waals surface area contributed by atoms with Crippen LogP contribution in [0.4, 0.5) is 5.69 Å². The normalized spacial score (nSPS) is 14.1. The molecule has 0 unspecified atom stereocenters. The number of para-hydroxylation sites is 1. The number of anilines is 1. The predicted molar refractivity (Wildman–Crippen MR) is 67.6 cm³/mol. The number of aromatic nitrogens is 1. The number of hydrogen-bond acceptors (Lipinski definition) is 3. The Bertz CT molecular complexity index is 653. The fourth-order valence-electron chi connectivity index (χ4n) is 1.95. The SMILES string of the molecule is O=C1C(Nc2ccccc2)=CC(=O)c2[nH]ccc21. The zero-order valence-corrected chi connectivity index (χ0v) is 9.44. The van der Waals surface area contributed by atoms with Gasteiger partial charge in [0.2, 0.25) is 11.6 Å². The molecule has 0 radical (unpaired) electrons. The van der Waals surface area contributed by atoms with Crippen molar-refractivity contribution in [3.05, 3.63) is 65.6 Å². The maximum atomic E-state index is 12.1. The minimum Gasteiger partial charge on any atom is -0.358 e. The second-order valence-electron chi connectivity index (χ2n) is 4.01. The predicted octanol–water partition coefficient (Wildman–Crippen LogP) is 2.39. The Labute approximate surface area is 103 Å². The highest BCUT2D eigenvalue weighted by Crippen LogP contribution is 2.21. The van der Waals surface area contributed by atoms with Gasteiger partial charge in [0.15, 0.2) is 0 Å². The lowest BCUT2D eigenvalue weighted by molar-refractivity contribution is 0.0983. The van der Waals surface area contributed by atoms with Crippen LogP contribution in [0.3, 0.4) is 0 Å². The zero-order chi connectivity index (χ0) is 12.5. The van der Waals surface area contributed by atoms with E-state index in [1.165, 1.54) is 6.08 Å². The number of hydrogen-bond donors (Lipinski definition) is 2. The van der Waals surface area contributed by atoms with Crippen molar-refractivity contribution < 1.29 is 9.59 Å². The number of rotatable bonds is 2. The van der Waals surface area contributed by atoms with Crippen LogP contribution >= 0.6 is 0 Å². The summed E-state index contributed by atoms with van der Waals surface area (Å²) in [6.45, 7) is 0. The minimum atomic E-state index is -0.187. The molecule has 18 heavy (non-hydrogen) atoms. The molecule has 0 saturated heterocycles. The molecule has 0 atom stereocenters. The maximum Gasteiger partial charge on any atom is 0.211 e. The quantitative estimate of drug-likeness (QED) is 0.844. The molecule has 1 aliphatic rings. The monoisotopic (exact) mass is 238 g/mol. The first-order valence-corrected chi connectivity index (χ1v) is 5.56. The second kappa shape index (κ2) is 4.00. The maximum absolute atomic E-state index is 12.1. The molecule has 1 aromatic heterocycles. The molecule has 4 nitrogen and oxygen atoms in total. The molecule has 4 heteroatoms. The number of fused-ring (bicyclic) bond motifs is 1. The van der Waals surface area contributed by atoms with Crippen molar-refractivity contribution in [3.63, 3.8) is 0 Å². The van der Waals surface area contributed by atoms with Gasteiger partial charge >= 0.3 is 0 Å². The number of aromatic amines is 1. The lowest BCUT2D eigenvalue weighted by Crippen LogP contribution is -2.20. The number of nitrogens with one attached hydrogen (secondary N) is 2. The minimum absolute atomic E-state index is 0.172. The second-order valence-corrected chi connectivity index (χ2v) is 4.01. The third kappa shape index (κ3) is 1.64. The van der Waals surface area contributed by atoms with Crippen LogP contribution in [0.15, 0.2) is 54.4 Å². The summed E-state index contributed by atoms with van der Waals surface area (Å²) in [7, 11) is 0. The van der Waals surface area contributed by atoms with E-state index in [9.17, 15) is 9.59 Å². The van der Waals surface area contributed by atoms with Crippen molar-refractivity contribution in [1.29, 1.82) is 0 Å². The topological polar surface area (TPSA) is 62.0 Å². The van der Waals surface area contributed by atoms with Gasteiger partial charge in [-0.1, -0.05) is 18.2 Å². The van der Waals surface area contributed by atoms with E-state index in [0.29, 0.717) is 17.0 Å². The van der Waals surface area contributed by atoms with Crippen LogP contribution < -0.4 is 5.32 Å². The van der Waals surface area contributed by atoms with Crippen LogP contribution in [0.5, 0.6) is 0 Å². The molecule has 0 fully saturated rings. The lowest BCUT2D eigenvalue weighted by atomic mass is 9.99. The van der Waals surface area contributed by atoms with Gasteiger partial charge < -0.3 is 10.3 Å². The van der Waals surface area contributed by atoms with E-state index >= 15 is 0 Å². The first-order valence-electron chi connectivity index (χ1n) is 5.56. The summed E-state index contributed by atoms with van der Waals surface area (Å²) in [4.78, 5) is 26.7. The average Bonchev–Trinajstić information content (AvgIpc) is 2.87. The summed E-state index contributed by atoms with van der Waals surface area (Å²) < 4.78 is 0. The molecule has 2 aromatic rings. The first-order chi connectivity index (χ1) is 8.75. The molecular weight excluding hydrogens is 228 g/mol. The average molecular weight is 238 g/mol. The van der Waals surface area contributed by atoms with Gasteiger partial charge in [0, 0.05) is 18.0 Å². The molecule has 3 rings (SSSR count). The van der Waals surface area contributed by atoms with Crippen LogP contribution in [-0.2, 0) is 0 Å². The number of carbonyl (C=O) groups is 2. The third-order valence-electron chi connectivity index (χ3n) is 2.81. The van der Waals surface area contributed by atoms with E-state index in [-0.39, 0.29) is 11.6 Å². The third-order valence-corrected chi connectivity index (χ3v) is 2.81. The standard InChI is InChI=1S/C14H10N2O2/c17-12-8-11(16-9-4-2-1-3-5-9)14(18)10-6-7-15-13(10)12/h1-8,15-16H. The van der Waals surface area contributed by atoms with E-state index < -0.39 is 0 Å². The highest BCUT2D eigenvalue weighted by Gasteiger charge is 2.26. The molecule has 1 aliphatic carbocycles. The Morgan fingerprint density at radius 1 is 1.00 bits per heavy atom. The van der Waals surface area contributed by atoms with E-state index in [2.05, 4.69) is 10.3 Å². The molecule has 0 bridgehead atoms. The summed E-state index contributed by atoms with van der Waals surface area (Å²) in [5.74, 6) is -0.359. The van der Waals surface area contributed by atoms with Gasteiger partial charge in [-0.2, -0.15) is 0 Å². The van der Waals surface area contributed by atoms with Gasteiger partial charge in [-0.3, -0.25) is 9.59 Å². The van der Waals surface area contributed by atoms with Crippen molar-refractivity contribution >= 4 is 17.3 Å². The van der Waals surface area contributed by atoms with Gasteiger partial charge in [-0.25, -0.2) is 0 Å². The van der Waals surface area contributed by atoms with E-state index in [4.69, 9.17) is 0 Å². The molecule has 0 spiro atoms. The highest BCUT2D eigenvalue weighted by molar-refractivity contribution is 6.24. The zero-order valence-electron chi connectivity index (χ0n) is 9.44. The summed E-state index contributed by atoms with van der Waals surface area (Å²) in [6, 6.07) is 10.9. The van der Waals surface area contributed by atoms with Gasteiger partial charge in [0.1, 0.15) is 0 Å². The summed E-state index contributed by atoms with van der Waals surface area (Å²) in [5.41, 5.74) is 1.86. The molecule has 88 valence electrons. The van der Waals surface area contributed by atoms with Crippen LogP contribution in [-0.4, -0.2) is 16.6 Å². The van der Waals surface area contributed by atoms with Crippen molar-refractivity contribution in [1.82, 2.24) is 4.98 Å². The summed E-state index contributed by atoms with van der Waals surface area (Å²) >= 11 is 0.